The maximum absolute atomic E-state index is 3.76. The second kappa shape index (κ2) is 5.15. The molecule has 13 heavy (non-hydrogen) atoms. The molecule has 66 valence electrons. The van der Waals surface area contributed by atoms with Gasteiger partial charge >= 0.3 is 0 Å². The quantitative estimate of drug-likeness (QED) is 0.476. The molecule has 0 aliphatic rings. The van der Waals surface area contributed by atoms with Crippen molar-refractivity contribution in [3.05, 3.63) is 66.8 Å². The number of allylic oxidation sites excluding steroid dienone is 3. The van der Waals surface area contributed by atoms with Crippen molar-refractivity contribution in [2.24, 2.45) is 0 Å². The summed E-state index contributed by atoms with van der Waals surface area (Å²) in [6.07, 6.45) is 6.75. The van der Waals surface area contributed by atoms with Crippen LogP contribution in [-0.4, -0.2) is 0 Å². The van der Waals surface area contributed by atoms with Crippen molar-refractivity contribution in [2.45, 2.75) is 6.42 Å². The smallest absolute Gasteiger partial charge is 0.0100 e. The third-order valence-corrected chi connectivity index (χ3v) is 1.79. The van der Waals surface area contributed by atoms with Crippen molar-refractivity contribution in [3.8, 4) is 0 Å². The molecule has 1 aromatic carbocycles. The summed E-state index contributed by atoms with van der Waals surface area (Å²) in [4.78, 5) is 0. The van der Waals surface area contributed by atoms with Crippen LogP contribution in [-0.2, 0) is 0 Å². The molecular weight excluding hydrogens is 156 g/mol. The molecule has 0 bridgehead atoms. The summed E-state index contributed by atoms with van der Waals surface area (Å²) in [7, 11) is 0. The summed E-state index contributed by atoms with van der Waals surface area (Å²) in [6, 6.07) is 10.2. The van der Waals surface area contributed by atoms with Gasteiger partial charge in [-0.2, -0.15) is 0 Å². The summed E-state index contributed by atoms with van der Waals surface area (Å²) >= 11 is 0. The van der Waals surface area contributed by atoms with Crippen molar-refractivity contribution in [1.29, 1.82) is 0 Å². The lowest BCUT2D eigenvalue weighted by atomic mass is 10.1. The SMILES string of the molecule is C=CCC(C=C)=Cc1ccccc1. The lowest BCUT2D eigenvalue weighted by molar-refractivity contribution is 1.32. The predicted molar refractivity (Wildman–Crippen MR) is 59.4 cm³/mol. The molecule has 0 saturated heterocycles. The van der Waals surface area contributed by atoms with Crippen molar-refractivity contribution in [3.63, 3.8) is 0 Å². The molecule has 0 fully saturated rings. The third-order valence-electron chi connectivity index (χ3n) is 1.79. The summed E-state index contributed by atoms with van der Waals surface area (Å²) in [5.41, 5.74) is 2.40. The zero-order valence-electron chi connectivity index (χ0n) is 7.74. The fourth-order valence-corrected chi connectivity index (χ4v) is 1.13. The Labute approximate surface area is 79.9 Å². The minimum Gasteiger partial charge on any atom is -0.103 e. The molecule has 0 aliphatic carbocycles. The van der Waals surface area contributed by atoms with E-state index >= 15 is 0 Å². The maximum atomic E-state index is 3.76. The van der Waals surface area contributed by atoms with Gasteiger partial charge in [0, 0.05) is 0 Å². The van der Waals surface area contributed by atoms with Crippen molar-refractivity contribution >= 4 is 6.08 Å². The molecule has 0 saturated carbocycles. The van der Waals surface area contributed by atoms with E-state index in [2.05, 4.69) is 31.4 Å². The van der Waals surface area contributed by atoms with Crippen LogP contribution in [0.25, 0.3) is 6.08 Å². The molecule has 0 N–H and O–H groups in total. The first-order valence-corrected chi connectivity index (χ1v) is 4.36. The van der Waals surface area contributed by atoms with Crippen LogP contribution in [0.1, 0.15) is 12.0 Å². The monoisotopic (exact) mass is 170 g/mol. The Bertz CT molecular complexity index is 304. The highest BCUT2D eigenvalue weighted by atomic mass is 13.9. The third kappa shape index (κ3) is 3.12. The van der Waals surface area contributed by atoms with Gasteiger partial charge < -0.3 is 0 Å². The molecule has 1 aromatic rings. The topological polar surface area (TPSA) is 0 Å². The summed E-state index contributed by atoms with van der Waals surface area (Å²) in [5.74, 6) is 0. The van der Waals surface area contributed by atoms with Crippen molar-refractivity contribution < 1.29 is 0 Å². The van der Waals surface area contributed by atoms with Gasteiger partial charge in [-0.1, -0.05) is 55.1 Å². The minimum atomic E-state index is 0.873. The van der Waals surface area contributed by atoms with E-state index in [9.17, 15) is 0 Å². The molecule has 0 heterocycles. The van der Waals surface area contributed by atoms with Gasteiger partial charge in [-0.25, -0.2) is 0 Å². The van der Waals surface area contributed by atoms with Gasteiger partial charge in [-0.05, 0) is 17.6 Å². The van der Waals surface area contributed by atoms with Crippen LogP contribution >= 0.6 is 0 Å². The van der Waals surface area contributed by atoms with Crippen molar-refractivity contribution in [1.82, 2.24) is 0 Å². The zero-order chi connectivity index (χ0) is 9.52. The zero-order valence-corrected chi connectivity index (χ0v) is 7.74. The van der Waals surface area contributed by atoms with Crippen LogP contribution in [0.15, 0.2) is 61.2 Å². The van der Waals surface area contributed by atoms with E-state index in [0.29, 0.717) is 0 Å². The fraction of sp³-hybridized carbons (Fsp3) is 0.0769. The molecule has 0 unspecified atom stereocenters. The maximum Gasteiger partial charge on any atom is -0.0100 e. The largest absolute Gasteiger partial charge is 0.103 e. The van der Waals surface area contributed by atoms with Crippen LogP contribution in [0.4, 0.5) is 0 Å². The van der Waals surface area contributed by atoms with Crippen LogP contribution in [0.5, 0.6) is 0 Å². The molecule has 0 heteroatoms. The van der Waals surface area contributed by atoms with Crippen LogP contribution < -0.4 is 0 Å². The Hall–Kier alpha value is -1.56. The van der Waals surface area contributed by atoms with E-state index in [-0.39, 0.29) is 0 Å². The summed E-state index contributed by atoms with van der Waals surface area (Å²) < 4.78 is 0. The Morgan fingerprint density at radius 3 is 2.38 bits per heavy atom. The lowest BCUT2D eigenvalue weighted by Crippen LogP contribution is -1.76. The standard InChI is InChI=1S/C13H14/c1-3-8-12(4-2)11-13-9-6-5-7-10-13/h3-7,9-11H,1-2,8H2. The second-order valence-corrected chi connectivity index (χ2v) is 2.83. The molecule has 0 amide bonds. The summed E-state index contributed by atoms with van der Waals surface area (Å²) in [5, 5.41) is 0. The molecule has 0 aromatic heterocycles. The van der Waals surface area contributed by atoms with Gasteiger partial charge in [0.05, 0.1) is 0 Å². The minimum absolute atomic E-state index is 0.873. The Kier molecular flexibility index (Phi) is 3.77. The number of rotatable bonds is 4. The van der Waals surface area contributed by atoms with E-state index in [1.54, 1.807) is 0 Å². The van der Waals surface area contributed by atoms with E-state index in [0.717, 1.165) is 6.42 Å². The van der Waals surface area contributed by atoms with Gasteiger partial charge in [-0.15, -0.1) is 6.58 Å². The van der Waals surface area contributed by atoms with Gasteiger partial charge in [0.25, 0.3) is 0 Å². The van der Waals surface area contributed by atoms with Crippen LogP contribution in [0, 0.1) is 0 Å². The molecule has 1 rings (SSSR count). The van der Waals surface area contributed by atoms with Gasteiger partial charge in [0.15, 0.2) is 0 Å². The van der Waals surface area contributed by atoms with Crippen LogP contribution in [0.3, 0.4) is 0 Å². The van der Waals surface area contributed by atoms with E-state index in [4.69, 9.17) is 0 Å². The molecule has 0 nitrogen and oxygen atoms in total. The first-order chi connectivity index (χ1) is 6.36. The van der Waals surface area contributed by atoms with Crippen molar-refractivity contribution in [2.75, 3.05) is 0 Å². The van der Waals surface area contributed by atoms with E-state index in [1.165, 1.54) is 11.1 Å². The highest BCUT2D eigenvalue weighted by molar-refractivity contribution is 5.55. The second-order valence-electron chi connectivity index (χ2n) is 2.83. The molecule has 0 atom stereocenters. The number of hydrogen-bond donors (Lipinski definition) is 0. The van der Waals surface area contributed by atoms with Gasteiger partial charge in [0.2, 0.25) is 0 Å². The van der Waals surface area contributed by atoms with Gasteiger partial charge in [-0.3, -0.25) is 0 Å². The highest BCUT2D eigenvalue weighted by Gasteiger charge is 1.89. The normalized spacial score (nSPS) is 10.9. The molecular formula is C13H14. The van der Waals surface area contributed by atoms with Crippen LogP contribution in [0.2, 0.25) is 0 Å². The van der Waals surface area contributed by atoms with E-state index in [1.807, 2.05) is 30.4 Å². The molecule has 0 aliphatic heterocycles. The average Bonchev–Trinajstić information content (AvgIpc) is 2.19. The predicted octanol–water partition coefficient (Wildman–Crippen LogP) is 3.83. The molecule has 0 spiro atoms. The fourth-order valence-electron chi connectivity index (χ4n) is 1.13. The molecule has 0 radical (unpaired) electrons. The number of benzene rings is 1. The van der Waals surface area contributed by atoms with Gasteiger partial charge in [0.1, 0.15) is 0 Å². The van der Waals surface area contributed by atoms with E-state index < -0.39 is 0 Å². The average molecular weight is 170 g/mol. The lowest BCUT2D eigenvalue weighted by Gasteiger charge is -1.97. The first-order valence-electron chi connectivity index (χ1n) is 4.36. The Morgan fingerprint density at radius 2 is 1.85 bits per heavy atom. The highest BCUT2D eigenvalue weighted by Crippen LogP contribution is 2.10. The Morgan fingerprint density at radius 1 is 1.15 bits per heavy atom. The number of hydrogen-bond acceptors (Lipinski definition) is 0. The summed E-state index contributed by atoms with van der Waals surface area (Å²) in [6.45, 7) is 7.46. The Balaban J connectivity index is 2.84. The first kappa shape index (κ1) is 9.53.